The third kappa shape index (κ3) is 3.54. The Bertz CT molecular complexity index is 518. The van der Waals surface area contributed by atoms with Crippen LogP contribution in [-0.2, 0) is 4.79 Å². The first-order chi connectivity index (χ1) is 9.20. The smallest absolute Gasteiger partial charge is 0.248 e. The van der Waals surface area contributed by atoms with Gasteiger partial charge in [-0.05, 0) is 24.8 Å². The zero-order valence-corrected chi connectivity index (χ0v) is 11.6. The highest BCUT2D eigenvalue weighted by molar-refractivity contribution is 7.12. The van der Waals surface area contributed by atoms with Gasteiger partial charge in [-0.15, -0.1) is 11.3 Å². The van der Waals surface area contributed by atoms with Crippen LogP contribution in [0.5, 0.6) is 0 Å². The van der Waals surface area contributed by atoms with Crippen LogP contribution in [0.2, 0.25) is 0 Å². The summed E-state index contributed by atoms with van der Waals surface area (Å²) in [7, 11) is 0. The van der Waals surface area contributed by atoms with E-state index in [1.54, 1.807) is 11.1 Å². The van der Waals surface area contributed by atoms with E-state index in [2.05, 4.69) is 5.32 Å². The van der Waals surface area contributed by atoms with Crippen molar-refractivity contribution in [1.82, 2.24) is 10.2 Å². The average molecular weight is 276 g/mol. The van der Waals surface area contributed by atoms with Gasteiger partial charge in [-0.3, -0.25) is 9.59 Å². The van der Waals surface area contributed by atoms with E-state index in [-0.39, 0.29) is 18.2 Å². The molecular formula is C14H16N2O2S. The van der Waals surface area contributed by atoms with Crippen LogP contribution in [0, 0.1) is 0 Å². The van der Waals surface area contributed by atoms with Gasteiger partial charge in [0.2, 0.25) is 5.91 Å². The van der Waals surface area contributed by atoms with Gasteiger partial charge >= 0.3 is 0 Å². The van der Waals surface area contributed by atoms with Crippen LogP contribution >= 0.6 is 11.3 Å². The second kappa shape index (κ2) is 6.33. The lowest BCUT2D eigenvalue weighted by atomic mass is 10.1. The van der Waals surface area contributed by atoms with Crippen molar-refractivity contribution in [3.63, 3.8) is 0 Å². The molecule has 0 radical (unpaired) electrons. The van der Waals surface area contributed by atoms with Crippen molar-refractivity contribution in [2.45, 2.75) is 13.3 Å². The fourth-order valence-corrected chi connectivity index (χ4v) is 2.47. The highest BCUT2D eigenvalue weighted by atomic mass is 32.1. The van der Waals surface area contributed by atoms with Crippen LogP contribution in [0.3, 0.4) is 0 Å². The van der Waals surface area contributed by atoms with Crippen molar-refractivity contribution in [2.75, 3.05) is 13.1 Å². The zero-order chi connectivity index (χ0) is 13.7. The Morgan fingerprint density at radius 1 is 1.47 bits per heavy atom. The molecule has 2 heterocycles. The van der Waals surface area contributed by atoms with Gasteiger partial charge in [-0.2, -0.15) is 0 Å². The number of allylic oxidation sites excluding steroid dienone is 1. The van der Waals surface area contributed by atoms with Crippen LogP contribution in [0.1, 0.15) is 23.0 Å². The summed E-state index contributed by atoms with van der Waals surface area (Å²) in [5.41, 5.74) is 0.684. The molecule has 1 aliphatic rings. The molecule has 1 aromatic heterocycles. The van der Waals surface area contributed by atoms with Gasteiger partial charge in [0.05, 0.1) is 11.4 Å². The number of Topliss-reactive ketones (excluding diaryl/α,β-unsaturated/α-hetero) is 1. The summed E-state index contributed by atoms with van der Waals surface area (Å²) < 4.78 is 0. The molecule has 0 aromatic carbocycles. The van der Waals surface area contributed by atoms with Crippen LogP contribution in [0.15, 0.2) is 41.6 Å². The monoisotopic (exact) mass is 276 g/mol. The minimum Gasteiger partial charge on any atom is -0.353 e. The number of carbonyl (C=O) groups excluding carboxylic acids is 2. The third-order valence-electron chi connectivity index (χ3n) is 2.71. The number of likely N-dealkylation sites (N-methyl/N-ethyl adjacent to an activating group) is 1. The normalized spacial score (nSPS) is 14.2. The standard InChI is InChI=1S/C14H16N2O2S/c1-2-15-14(18)11-5-3-7-16(9-11)10-12(17)13-6-4-8-19-13/h3-4,6-9H,2,5,10H2,1H3,(H,15,18). The lowest BCUT2D eigenvalue weighted by Gasteiger charge is -2.20. The van der Waals surface area contributed by atoms with E-state index in [9.17, 15) is 9.59 Å². The summed E-state index contributed by atoms with van der Waals surface area (Å²) in [6, 6.07) is 3.68. The third-order valence-corrected chi connectivity index (χ3v) is 3.62. The molecule has 0 fully saturated rings. The second-order valence-electron chi connectivity index (χ2n) is 4.18. The molecule has 0 bridgehead atoms. The topological polar surface area (TPSA) is 49.4 Å². The molecule has 4 nitrogen and oxygen atoms in total. The molecular weight excluding hydrogens is 260 g/mol. The molecule has 1 aromatic rings. The zero-order valence-electron chi connectivity index (χ0n) is 10.8. The molecule has 0 saturated carbocycles. The number of hydrogen-bond donors (Lipinski definition) is 1. The van der Waals surface area contributed by atoms with Crippen molar-refractivity contribution < 1.29 is 9.59 Å². The number of nitrogens with one attached hydrogen (secondary N) is 1. The van der Waals surface area contributed by atoms with Gasteiger partial charge in [0, 0.05) is 24.5 Å². The fraction of sp³-hybridized carbons (Fsp3) is 0.286. The van der Waals surface area contributed by atoms with Crippen LogP contribution in [0.25, 0.3) is 0 Å². The van der Waals surface area contributed by atoms with Crippen molar-refractivity contribution in [3.05, 3.63) is 46.4 Å². The second-order valence-corrected chi connectivity index (χ2v) is 5.12. The van der Waals surface area contributed by atoms with Crippen LogP contribution in [-0.4, -0.2) is 29.7 Å². The van der Waals surface area contributed by atoms with Crippen molar-refractivity contribution in [3.8, 4) is 0 Å². The fourth-order valence-electron chi connectivity index (χ4n) is 1.82. The van der Waals surface area contributed by atoms with Gasteiger partial charge in [-0.25, -0.2) is 0 Å². The van der Waals surface area contributed by atoms with Crippen LogP contribution < -0.4 is 5.32 Å². The van der Waals surface area contributed by atoms with Crippen molar-refractivity contribution in [1.29, 1.82) is 0 Å². The summed E-state index contributed by atoms with van der Waals surface area (Å²) in [6.07, 6.45) is 6.09. The quantitative estimate of drug-likeness (QED) is 0.839. The average Bonchev–Trinajstić information content (AvgIpc) is 2.93. The lowest BCUT2D eigenvalue weighted by Crippen LogP contribution is -2.28. The molecule has 0 unspecified atom stereocenters. The van der Waals surface area contributed by atoms with Gasteiger partial charge in [0.1, 0.15) is 0 Å². The summed E-state index contributed by atoms with van der Waals surface area (Å²) in [5, 5.41) is 4.65. The summed E-state index contributed by atoms with van der Waals surface area (Å²) in [6.45, 7) is 2.75. The lowest BCUT2D eigenvalue weighted by molar-refractivity contribution is -0.117. The maximum Gasteiger partial charge on any atom is 0.248 e. The molecule has 0 saturated heterocycles. The number of hydrogen-bond acceptors (Lipinski definition) is 4. The van der Waals surface area contributed by atoms with Crippen LogP contribution in [0.4, 0.5) is 0 Å². The largest absolute Gasteiger partial charge is 0.353 e. The summed E-state index contributed by atoms with van der Waals surface area (Å²) in [4.78, 5) is 26.2. The molecule has 0 aliphatic carbocycles. The summed E-state index contributed by atoms with van der Waals surface area (Å²) >= 11 is 1.43. The van der Waals surface area contributed by atoms with E-state index in [4.69, 9.17) is 0 Å². The molecule has 1 N–H and O–H groups in total. The maximum atomic E-state index is 12.0. The molecule has 1 amide bonds. The van der Waals surface area contributed by atoms with E-state index in [1.807, 2.05) is 36.7 Å². The Kier molecular flexibility index (Phi) is 4.52. The highest BCUT2D eigenvalue weighted by Crippen LogP contribution is 2.15. The molecule has 0 spiro atoms. The van der Waals surface area contributed by atoms with Gasteiger partial charge in [0.25, 0.3) is 0 Å². The maximum absolute atomic E-state index is 12.0. The number of amides is 1. The predicted octanol–water partition coefficient (Wildman–Crippen LogP) is 2.17. The minimum atomic E-state index is -0.0691. The Hall–Kier alpha value is -1.88. The minimum absolute atomic E-state index is 0.0630. The first kappa shape index (κ1) is 13.5. The first-order valence-corrected chi connectivity index (χ1v) is 7.06. The molecule has 100 valence electrons. The SMILES string of the molecule is CCNC(=O)C1=CN(CC(=O)c2cccs2)C=CC1. The number of carbonyl (C=O) groups is 2. The highest BCUT2D eigenvalue weighted by Gasteiger charge is 2.15. The van der Waals surface area contributed by atoms with E-state index in [1.165, 1.54) is 11.3 Å². The summed E-state index contributed by atoms with van der Waals surface area (Å²) in [5.74, 6) is -0.00604. The van der Waals surface area contributed by atoms with E-state index < -0.39 is 0 Å². The van der Waals surface area contributed by atoms with E-state index in [0.29, 0.717) is 18.5 Å². The number of rotatable bonds is 5. The Labute approximate surface area is 116 Å². The first-order valence-electron chi connectivity index (χ1n) is 6.18. The van der Waals surface area contributed by atoms with E-state index >= 15 is 0 Å². The Morgan fingerprint density at radius 2 is 2.32 bits per heavy atom. The Morgan fingerprint density at radius 3 is 3.00 bits per heavy atom. The molecule has 1 aliphatic heterocycles. The number of thiophene rings is 1. The number of ketones is 1. The predicted molar refractivity (Wildman–Crippen MR) is 75.9 cm³/mol. The molecule has 19 heavy (non-hydrogen) atoms. The Balaban J connectivity index is 2.00. The molecule has 5 heteroatoms. The number of nitrogens with zero attached hydrogens (tertiary/aromatic N) is 1. The van der Waals surface area contributed by atoms with Gasteiger partial charge in [0.15, 0.2) is 5.78 Å². The van der Waals surface area contributed by atoms with Gasteiger partial charge < -0.3 is 10.2 Å². The van der Waals surface area contributed by atoms with Crippen molar-refractivity contribution in [2.24, 2.45) is 0 Å². The van der Waals surface area contributed by atoms with Crippen molar-refractivity contribution >= 4 is 23.0 Å². The molecule has 2 rings (SSSR count). The van der Waals surface area contributed by atoms with E-state index in [0.717, 1.165) is 4.88 Å². The van der Waals surface area contributed by atoms with Gasteiger partial charge in [-0.1, -0.05) is 12.1 Å². The molecule has 0 atom stereocenters.